The molecule has 9 nitrogen and oxygen atoms in total. The van der Waals surface area contributed by atoms with Crippen LogP contribution in [0.1, 0.15) is 17.4 Å². The van der Waals surface area contributed by atoms with Crippen molar-refractivity contribution in [1.82, 2.24) is 0 Å². The number of esters is 2. The quantitative estimate of drug-likeness (QED) is 0.299. The van der Waals surface area contributed by atoms with E-state index in [1.165, 1.54) is 11.3 Å². The molecule has 0 fully saturated rings. The Hall–Kier alpha value is -3.44. The first-order valence-corrected chi connectivity index (χ1v) is 9.79. The predicted molar refractivity (Wildman–Crippen MR) is 108 cm³/mol. The Balaban J connectivity index is 2.02. The minimum atomic E-state index is -1.10. The van der Waals surface area contributed by atoms with Gasteiger partial charge in [0.1, 0.15) is 5.82 Å². The van der Waals surface area contributed by atoms with E-state index in [0.717, 1.165) is 19.1 Å². The van der Waals surface area contributed by atoms with Crippen molar-refractivity contribution < 1.29 is 37.8 Å². The zero-order valence-corrected chi connectivity index (χ0v) is 17.4. The molecule has 0 unspecified atom stereocenters. The number of benzene rings is 1. The third-order valence-corrected chi connectivity index (χ3v) is 5.13. The maximum Gasteiger partial charge on any atom is 0.347 e. The van der Waals surface area contributed by atoms with E-state index in [2.05, 4.69) is 4.74 Å². The van der Waals surface area contributed by atoms with E-state index < -0.39 is 43.1 Å². The summed E-state index contributed by atoms with van der Waals surface area (Å²) in [5.74, 6) is -3.33. The molecule has 1 aromatic heterocycles. The molecule has 1 aliphatic heterocycles. The first-order chi connectivity index (χ1) is 14.7. The summed E-state index contributed by atoms with van der Waals surface area (Å²) in [4.78, 5) is 48.6. The highest BCUT2D eigenvalue weighted by Crippen LogP contribution is 2.43. The number of nitrogens with two attached hydrogens (primary N) is 1. The molecule has 0 bridgehead atoms. The number of thiophene rings is 1. The average molecular weight is 469 g/mol. The molecule has 1 aliphatic rings. The standard InChI is InChI=1S/C19H14ClFN2O7S/c1-9(24)29-8-30-15(25)7-28-17(14-3-2-4-31-14)16-10-5-12(21)11(20)6-13(10)23(18(16)26)19(22)27/h2-6H,7-8H2,1H3,(H2,22,27). The Bertz CT molecular complexity index is 1100. The summed E-state index contributed by atoms with van der Waals surface area (Å²) in [6.07, 6.45) is 0. The highest BCUT2D eigenvalue weighted by molar-refractivity contribution is 7.11. The van der Waals surface area contributed by atoms with E-state index in [0.29, 0.717) is 9.78 Å². The van der Waals surface area contributed by atoms with Crippen LogP contribution in [0.5, 0.6) is 0 Å². The van der Waals surface area contributed by atoms with Gasteiger partial charge in [0.2, 0.25) is 6.79 Å². The summed E-state index contributed by atoms with van der Waals surface area (Å²) in [5.41, 5.74) is 5.14. The second-order valence-electron chi connectivity index (χ2n) is 6.00. The highest BCUT2D eigenvalue weighted by Gasteiger charge is 2.40. The van der Waals surface area contributed by atoms with Crippen molar-refractivity contribution in [2.75, 3.05) is 18.3 Å². The number of hydrogen-bond donors (Lipinski definition) is 1. The van der Waals surface area contributed by atoms with Gasteiger partial charge in [-0.05, 0) is 23.6 Å². The smallest absolute Gasteiger partial charge is 0.347 e. The number of primary amides is 1. The summed E-state index contributed by atoms with van der Waals surface area (Å²) in [7, 11) is 0. The summed E-state index contributed by atoms with van der Waals surface area (Å²) >= 11 is 6.98. The summed E-state index contributed by atoms with van der Waals surface area (Å²) in [5, 5.41) is 1.37. The van der Waals surface area contributed by atoms with Crippen LogP contribution in [0.4, 0.5) is 14.9 Å². The van der Waals surface area contributed by atoms with Crippen molar-refractivity contribution in [3.05, 3.63) is 50.9 Å². The first kappa shape index (κ1) is 22.2. The van der Waals surface area contributed by atoms with Crippen LogP contribution in [-0.2, 0) is 28.6 Å². The number of ether oxygens (including phenoxy) is 3. The molecule has 0 atom stereocenters. The van der Waals surface area contributed by atoms with Crippen molar-refractivity contribution in [2.45, 2.75) is 6.92 Å². The lowest BCUT2D eigenvalue weighted by Crippen LogP contribution is -2.38. The summed E-state index contributed by atoms with van der Waals surface area (Å²) in [6, 6.07) is 4.24. The number of rotatable bonds is 6. The largest absolute Gasteiger partial charge is 0.480 e. The van der Waals surface area contributed by atoms with Crippen LogP contribution < -0.4 is 10.6 Å². The number of nitrogens with zero attached hydrogens (tertiary/aromatic N) is 1. The fraction of sp³-hybridized carbons (Fsp3) is 0.158. The molecular formula is C19H14ClFN2O7S. The monoisotopic (exact) mass is 468 g/mol. The second-order valence-corrected chi connectivity index (χ2v) is 7.36. The molecule has 12 heteroatoms. The van der Waals surface area contributed by atoms with Crippen molar-refractivity contribution in [2.24, 2.45) is 5.73 Å². The number of imide groups is 1. The van der Waals surface area contributed by atoms with Gasteiger partial charge in [-0.2, -0.15) is 0 Å². The molecule has 0 radical (unpaired) electrons. The van der Waals surface area contributed by atoms with E-state index in [-0.39, 0.29) is 27.6 Å². The van der Waals surface area contributed by atoms with Crippen molar-refractivity contribution >= 4 is 63.8 Å². The van der Waals surface area contributed by atoms with Crippen LogP contribution in [-0.4, -0.2) is 37.3 Å². The fourth-order valence-electron chi connectivity index (χ4n) is 2.72. The molecule has 2 aromatic rings. The fourth-order valence-corrected chi connectivity index (χ4v) is 3.61. The lowest BCUT2D eigenvalue weighted by molar-refractivity contribution is -0.167. The molecule has 2 N–H and O–H groups in total. The van der Waals surface area contributed by atoms with Crippen LogP contribution in [0, 0.1) is 5.82 Å². The van der Waals surface area contributed by atoms with Crippen LogP contribution >= 0.6 is 22.9 Å². The van der Waals surface area contributed by atoms with E-state index in [9.17, 15) is 23.6 Å². The zero-order valence-electron chi connectivity index (χ0n) is 15.8. The van der Waals surface area contributed by atoms with Gasteiger partial charge in [0.05, 0.1) is 21.2 Å². The lowest BCUT2D eigenvalue weighted by atomic mass is 10.0. The van der Waals surface area contributed by atoms with E-state index >= 15 is 0 Å². The number of anilines is 1. The number of halogens is 2. The van der Waals surface area contributed by atoms with Crippen LogP contribution in [0.3, 0.4) is 0 Å². The zero-order chi connectivity index (χ0) is 22.7. The summed E-state index contributed by atoms with van der Waals surface area (Å²) in [6.45, 7) is -0.126. The Morgan fingerprint density at radius 1 is 1.23 bits per heavy atom. The van der Waals surface area contributed by atoms with Crippen LogP contribution in [0.15, 0.2) is 29.6 Å². The van der Waals surface area contributed by atoms with Crippen LogP contribution in [0.2, 0.25) is 5.02 Å². The van der Waals surface area contributed by atoms with Gasteiger partial charge < -0.3 is 19.9 Å². The maximum absolute atomic E-state index is 14.2. The van der Waals surface area contributed by atoms with Crippen molar-refractivity contribution in [3.63, 3.8) is 0 Å². The summed E-state index contributed by atoms with van der Waals surface area (Å²) < 4.78 is 28.9. The van der Waals surface area contributed by atoms with E-state index in [4.69, 9.17) is 26.8 Å². The normalized spacial score (nSPS) is 14.2. The number of amides is 3. The van der Waals surface area contributed by atoms with Gasteiger partial charge in [0.15, 0.2) is 12.4 Å². The molecule has 2 heterocycles. The number of carbonyl (C=O) groups is 4. The molecule has 0 spiro atoms. The Kier molecular flexibility index (Phi) is 6.56. The average Bonchev–Trinajstić information content (AvgIpc) is 3.30. The number of fused-ring (bicyclic) bond motifs is 1. The SMILES string of the molecule is CC(=O)OCOC(=O)COC(=C1C(=O)N(C(N)=O)c2cc(Cl)c(F)cc21)c1cccs1. The number of urea groups is 1. The van der Waals surface area contributed by atoms with Crippen LogP contribution in [0.25, 0.3) is 11.3 Å². The van der Waals surface area contributed by atoms with Gasteiger partial charge >= 0.3 is 18.0 Å². The Morgan fingerprint density at radius 2 is 1.97 bits per heavy atom. The molecule has 31 heavy (non-hydrogen) atoms. The molecule has 3 rings (SSSR count). The highest BCUT2D eigenvalue weighted by atomic mass is 35.5. The van der Waals surface area contributed by atoms with Gasteiger partial charge in [-0.15, -0.1) is 11.3 Å². The van der Waals surface area contributed by atoms with Crippen molar-refractivity contribution in [1.29, 1.82) is 0 Å². The predicted octanol–water partition coefficient (Wildman–Crippen LogP) is 2.91. The van der Waals surface area contributed by atoms with Gasteiger partial charge in [-0.3, -0.25) is 9.59 Å². The van der Waals surface area contributed by atoms with Gasteiger partial charge in [-0.25, -0.2) is 18.9 Å². The molecule has 0 saturated heterocycles. The minimum Gasteiger partial charge on any atom is -0.480 e. The molecule has 3 amide bonds. The molecule has 162 valence electrons. The van der Waals surface area contributed by atoms with E-state index in [1.54, 1.807) is 17.5 Å². The van der Waals surface area contributed by atoms with E-state index in [1.807, 2.05) is 0 Å². The third-order valence-electron chi connectivity index (χ3n) is 3.97. The third kappa shape index (κ3) is 4.67. The topological polar surface area (TPSA) is 125 Å². The molecule has 0 aliphatic carbocycles. The first-order valence-electron chi connectivity index (χ1n) is 8.54. The molecule has 0 saturated carbocycles. The lowest BCUT2D eigenvalue weighted by Gasteiger charge is -2.13. The minimum absolute atomic E-state index is 0.0161. The molecule has 1 aromatic carbocycles. The second kappa shape index (κ2) is 9.14. The Labute approximate surface area is 183 Å². The molecular weight excluding hydrogens is 455 g/mol. The number of hydrogen-bond acceptors (Lipinski definition) is 8. The van der Waals surface area contributed by atoms with Gasteiger partial charge in [0.25, 0.3) is 5.91 Å². The number of carbonyl (C=O) groups excluding carboxylic acids is 4. The van der Waals surface area contributed by atoms with Gasteiger partial charge in [0, 0.05) is 12.5 Å². The van der Waals surface area contributed by atoms with Crippen molar-refractivity contribution in [3.8, 4) is 0 Å². The van der Waals surface area contributed by atoms with Gasteiger partial charge in [-0.1, -0.05) is 17.7 Å². The maximum atomic E-state index is 14.2. The Morgan fingerprint density at radius 3 is 2.58 bits per heavy atom.